The van der Waals surface area contributed by atoms with Crippen LogP contribution in [0.4, 0.5) is 5.13 Å². The summed E-state index contributed by atoms with van der Waals surface area (Å²) >= 11 is 1.56. The van der Waals surface area contributed by atoms with Crippen LogP contribution in [0.5, 0.6) is 0 Å². The zero-order valence-corrected chi connectivity index (χ0v) is 14.6. The molecular weight excluding hydrogens is 326 g/mol. The summed E-state index contributed by atoms with van der Waals surface area (Å²) in [5, 5.41) is 7.13. The lowest BCUT2D eigenvalue weighted by Gasteiger charge is -1.98. The predicted octanol–water partition coefficient (Wildman–Crippen LogP) is 5.67. The molecule has 2 aliphatic carbocycles. The molecule has 4 rings (SSSR count). The quantitative estimate of drug-likeness (QED) is 0.383. The molecule has 25 heavy (non-hydrogen) atoms. The van der Waals surface area contributed by atoms with E-state index >= 15 is 0 Å². The molecular formula is C21H17N3S. The van der Waals surface area contributed by atoms with E-state index in [2.05, 4.69) is 64.2 Å². The Bertz CT molecular complexity index is 989. The van der Waals surface area contributed by atoms with E-state index in [1.54, 1.807) is 17.6 Å². The lowest BCUT2D eigenvalue weighted by Crippen LogP contribution is -1.89. The number of nitrogens with zero attached hydrogens (tertiary/aromatic N) is 2. The van der Waals surface area contributed by atoms with Gasteiger partial charge in [-0.15, -0.1) is 11.3 Å². The molecule has 122 valence electrons. The summed E-state index contributed by atoms with van der Waals surface area (Å²) < 4.78 is 0. The SMILES string of the molecule is Cc1cc(-c2csc(N/N=C/c3ccccc3)n2)c2cccccc1-2. The minimum Gasteiger partial charge on any atom is -0.253 e. The molecule has 3 nitrogen and oxygen atoms in total. The Morgan fingerprint density at radius 1 is 0.920 bits per heavy atom. The van der Waals surface area contributed by atoms with Gasteiger partial charge < -0.3 is 0 Å². The normalized spacial score (nSPS) is 11.2. The molecule has 1 aromatic carbocycles. The highest BCUT2D eigenvalue weighted by Gasteiger charge is 2.15. The standard InChI is InChI=1S/C21H17N3S/c1-15-12-19(18-11-7-3-6-10-17(15)18)20-14-25-21(23-20)24-22-13-16-8-4-2-5-9-16/h2-14H,1H3,(H,23,24)/b22-13+. The van der Waals surface area contributed by atoms with Crippen molar-refractivity contribution in [2.24, 2.45) is 5.10 Å². The monoisotopic (exact) mass is 343 g/mol. The van der Waals surface area contributed by atoms with Crippen molar-refractivity contribution in [3.05, 3.63) is 83.2 Å². The number of thiazole rings is 1. The Hall–Kier alpha value is -2.98. The average molecular weight is 343 g/mol. The van der Waals surface area contributed by atoms with Crippen LogP contribution in [-0.4, -0.2) is 11.2 Å². The second-order valence-electron chi connectivity index (χ2n) is 5.80. The van der Waals surface area contributed by atoms with Crippen molar-refractivity contribution < 1.29 is 0 Å². The minimum absolute atomic E-state index is 0.787. The first kappa shape index (κ1) is 15.5. The van der Waals surface area contributed by atoms with E-state index < -0.39 is 0 Å². The Morgan fingerprint density at radius 2 is 1.64 bits per heavy atom. The maximum atomic E-state index is 4.69. The van der Waals surface area contributed by atoms with Crippen molar-refractivity contribution in [1.82, 2.24) is 4.98 Å². The fourth-order valence-corrected chi connectivity index (χ4v) is 3.52. The van der Waals surface area contributed by atoms with Crippen LogP contribution in [-0.2, 0) is 0 Å². The first-order chi connectivity index (χ1) is 12.3. The van der Waals surface area contributed by atoms with Crippen molar-refractivity contribution in [2.75, 3.05) is 5.43 Å². The highest BCUT2D eigenvalue weighted by molar-refractivity contribution is 7.14. The van der Waals surface area contributed by atoms with E-state index in [1.807, 2.05) is 30.3 Å². The van der Waals surface area contributed by atoms with Gasteiger partial charge in [-0.2, -0.15) is 5.10 Å². The van der Waals surface area contributed by atoms with Crippen LogP contribution in [0.1, 0.15) is 11.1 Å². The largest absolute Gasteiger partial charge is 0.253 e. The minimum atomic E-state index is 0.787. The van der Waals surface area contributed by atoms with Gasteiger partial charge in [0, 0.05) is 10.9 Å². The summed E-state index contributed by atoms with van der Waals surface area (Å²) in [6.07, 6.45) is 1.79. The maximum absolute atomic E-state index is 4.69. The maximum Gasteiger partial charge on any atom is 0.203 e. The van der Waals surface area contributed by atoms with Gasteiger partial charge >= 0.3 is 0 Å². The Balaban J connectivity index is 1.57. The van der Waals surface area contributed by atoms with Crippen LogP contribution in [0.25, 0.3) is 22.4 Å². The summed E-state index contributed by atoms with van der Waals surface area (Å²) in [6.45, 7) is 2.14. The Kier molecular flexibility index (Phi) is 4.27. The Labute approximate surface area is 151 Å². The number of aryl methyl sites for hydroxylation is 1. The zero-order chi connectivity index (χ0) is 17.1. The van der Waals surface area contributed by atoms with E-state index in [0.29, 0.717) is 0 Å². The average Bonchev–Trinajstić information content (AvgIpc) is 3.12. The molecule has 0 spiro atoms. The second-order valence-corrected chi connectivity index (χ2v) is 6.66. The van der Waals surface area contributed by atoms with Crippen LogP contribution in [0.3, 0.4) is 0 Å². The first-order valence-electron chi connectivity index (χ1n) is 8.09. The highest BCUT2D eigenvalue weighted by atomic mass is 32.1. The topological polar surface area (TPSA) is 37.3 Å². The number of benzene rings is 1. The molecule has 0 aliphatic heterocycles. The van der Waals surface area contributed by atoms with Gasteiger partial charge in [0.25, 0.3) is 0 Å². The molecule has 0 atom stereocenters. The summed E-state index contributed by atoms with van der Waals surface area (Å²) in [4.78, 5) is 4.69. The number of rotatable bonds is 4. The first-order valence-corrected chi connectivity index (χ1v) is 8.97. The third-order valence-corrected chi connectivity index (χ3v) is 4.81. The van der Waals surface area contributed by atoms with Crippen molar-refractivity contribution >= 4 is 22.7 Å². The molecule has 0 amide bonds. The summed E-state index contributed by atoms with van der Waals surface area (Å²) in [5.74, 6) is 0. The van der Waals surface area contributed by atoms with Gasteiger partial charge in [0.15, 0.2) is 0 Å². The molecule has 0 saturated carbocycles. The smallest absolute Gasteiger partial charge is 0.203 e. The molecule has 1 aromatic heterocycles. The van der Waals surface area contributed by atoms with Gasteiger partial charge in [-0.25, -0.2) is 4.98 Å². The number of hydrogen-bond acceptors (Lipinski definition) is 4. The van der Waals surface area contributed by atoms with Gasteiger partial charge in [-0.3, -0.25) is 5.43 Å². The van der Waals surface area contributed by atoms with Crippen molar-refractivity contribution in [3.63, 3.8) is 0 Å². The fraction of sp³-hybridized carbons (Fsp3) is 0.0476. The number of hydrogen-bond donors (Lipinski definition) is 1. The van der Waals surface area contributed by atoms with Crippen LogP contribution >= 0.6 is 11.3 Å². The summed E-state index contributed by atoms with van der Waals surface area (Å²) in [6, 6.07) is 22.7. The molecule has 1 N–H and O–H groups in total. The van der Waals surface area contributed by atoms with E-state index in [0.717, 1.165) is 16.4 Å². The van der Waals surface area contributed by atoms with E-state index in [1.165, 1.54) is 22.3 Å². The number of anilines is 1. The molecule has 0 fully saturated rings. The molecule has 0 unspecified atom stereocenters. The molecule has 0 saturated heterocycles. The summed E-state index contributed by atoms with van der Waals surface area (Å²) in [7, 11) is 0. The van der Waals surface area contributed by atoms with E-state index in [9.17, 15) is 0 Å². The molecule has 1 heterocycles. The predicted molar refractivity (Wildman–Crippen MR) is 107 cm³/mol. The Morgan fingerprint density at radius 3 is 2.44 bits per heavy atom. The van der Waals surface area contributed by atoms with E-state index in [4.69, 9.17) is 0 Å². The zero-order valence-electron chi connectivity index (χ0n) is 13.8. The summed E-state index contributed by atoms with van der Waals surface area (Å²) in [5.41, 5.74) is 9.99. The number of aromatic nitrogens is 1. The van der Waals surface area contributed by atoms with Crippen LogP contribution in [0.2, 0.25) is 0 Å². The molecule has 4 heteroatoms. The van der Waals surface area contributed by atoms with Crippen molar-refractivity contribution in [1.29, 1.82) is 0 Å². The third-order valence-electron chi connectivity index (χ3n) is 4.07. The number of hydrazone groups is 1. The molecule has 0 bridgehead atoms. The van der Waals surface area contributed by atoms with E-state index in [-0.39, 0.29) is 0 Å². The third kappa shape index (κ3) is 3.30. The van der Waals surface area contributed by atoms with Gasteiger partial charge in [0.2, 0.25) is 5.13 Å². The van der Waals surface area contributed by atoms with Crippen molar-refractivity contribution in [3.8, 4) is 22.4 Å². The molecule has 2 aliphatic rings. The number of nitrogens with one attached hydrogen (secondary N) is 1. The van der Waals surface area contributed by atoms with Crippen molar-refractivity contribution in [2.45, 2.75) is 6.92 Å². The second kappa shape index (κ2) is 6.87. The fourth-order valence-electron chi connectivity index (χ4n) is 2.86. The van der Waals surface area contributed by atoms with Gasteiger partial charge in [-0.1, -0.05) is 60.7 Å². The molecule has 2 aromatic rings. The number of fused-ring (bicyclic) bond motifs is 1. The van der Waals surface area contributed by atoms with Crippen LogP contribution in [0, 0.1) is 6.92 Å². The van der Waals surface area contributed by atoms with Gasteiger partial charge in [-0.05, 0) is 35.2 Å². The van der Waals surface area contributed by atoms with Gasteiger partial charge in [0.1, 0.15) is 0 Å². The van der Waals surface area contributed by atoms with Gasteiger partial charge in [0.05, 0.1) is 11.9 Å². The molecule has 0 radical (unpaired) electrons. The van der Waals surface area contributed by atoms with Crippen LogP contribution < -0.4 is 5.43 Å². The lowest BCUT2D eigenvalue weighted by molar-refractivity contribution is 1.29. The van der Waals surface area contributed by atoms with Crippen LogP contribution in [0.15, 0.2) is 77.2 Å². The highest BCUT2D eigenvalue weighted by Crippen LogP contribution is 2.38. The lowest BCUT2D eigenvalue weighted by atomic mass is 10.1.